The molecule has 0 aromatic heterocycles. The molecule has 1 aliphatic rings. The number of halogens is 1. The van der Waals surface area contributed by atoms with Gasteiger partial charge in [-0.05, 0) is 23.8 Å². The fourth-order valence-corrected chi connectivity index (χ4v) is 4.12. The number of Topliss-reactive ketones (excluding diaryl/α,β-unsaturated/α-hetero) is 1. The number of quaternary nitrogens is 1. The first-order valence-corrected chi connectivity index (χ1v) is 10.7. The van der Waals surface area contributed by atoms with Crippen LogP contribution >= 0.6 is 11.6 Å². The van der Waals surface area contributed by atoms with Crippen molar-refractivity contribution in [1.29, 1.82) is 0 Å². The first kappa shape index (κ1) is 24.4. The predicted molar refractivity (Wildman–Crippen MR) is 122 cm³/mol. The molecule has 1 saturated heterocycles. The summed E-state index contributed by atoms with van der Waals surface area (Å²) >= 11 is 6.21. The smallest absolute Gasteiger partial charge is 0.295 e. The molecule has 33 heavy (non-hydrogen) atoms. The van der Waals surface area contributed by atoms with Crippen molar-refractivity contribution in [2.24, 2.45) is 0 Å². The van der Waals surface area contributed by atoms with Gasteiger partial charge in [-0.15, -0.1) is 0 Å². The zero-order chi connectivity index (χ0) is 24.3. The summed E-state index contributed by atoms with van der Waals surface area (Å²) in [7, 11) is 8.32. The molecule has 0 aliphatic carbocycles. The molecule has 0 radical (unpaired) electrons. The van der Waals surface area contributed by atoms with Crippen LogP contribution in [0.4, 0.5) is 0 Å². The van der Waals surface area contributed by atoms with E-state index >= 15 is 0 Å². The number of carbonyl (C=O) groups excluding carboxylic acids is 2. The van der Waals surface area contributed by atoms with Crippen molar-refractivity contribution in [2.45, 2.75) is 6.04 Å². The summed E-state index contributed by atoms with van der Waals surface area (Å²) in [5.41, 5.74) is 0.526. The molecule has 2 aromatic carbocycles. The SMILES string of the molecule is COc1ccc(C([O-])=C2C(=O)C(=O)N(CC[NH+](C)C)C2c2cccc(OC)c2OC)cc1Cl. The Morgan fingerprint density at radius 2 is 1.76 bits per heavy atom. The average Bonchev–Trinajstić information content (AvgIpc) is 3.06. The molecular weight excluding hydrogens is 448 g/mol. The van der Waals surface area contributed by atoms with E-state index in [1.165, 1.54) is 38.4 Å². The van der Waals surface area contributed by atoms with Crippen LogP contribution in [0.2, 0.25) is 5.02 Å². The van der Waals surface area contributed by atoms with Crippen LogP contribution in [0.15, 0.2) is 42.0 Å². The standard InChI is InChI=1S/C24H27ClN2O6/c1-26(2)11-12-27-20(15-7-6-8-18(32-4)23(15)33-5)19(22(29)24(27)30)21(28)14-9-10-17(31-3)16(25)13-14/h6-10,13,20,28H,11-12H2,1-5H3. The van der Waals surface area contributed by atoms with Gasteiger partial charge in [-0.25, -0.2) is 0 Å². The highest BCUT2D eigenvalue weighted by molar-refractivity contribution is 6.46. The third-order valence-electron chi connectivity index (χ3n) is 5.52. The second-order valence-electron chi connectivity index (χ2n) is 7.86. The van der Waals surface area contributed by atoms with Gasteiger partial charge in [0.15, 0.2) is 11.5 Å². The van der Waals surface area contributed by atoms with Crippen LogP contribution in [-0.4, -0.2) is 65.1 Å². The molecule has 9 heteroatoms. The van der Waals surface area contributed by atoms with Gasteiger partial charge in [-0.2, -0.15) is 0 Å². The summed E-state index contributed by atoms with van der Waals surface area (Å²) in [5, 5.41) is 13.8. The van der Waals surface area contributed by atoms with Crippen LogP contribution < -0.4 is 24.2 Å². The molecule has 0 spiro atoms. The molecule has 1 atom stereocenters. The number of benzene rings is 2. The first-order valence-electron chi connectivity index (χ1n) is 10.3. The molecule has 1 fully saturated rings. The fraction of sp³-hybridized carbons (Fsp3) is 0.333. The third kappa shape index (κ3) is 4.62. The molecule has 1 N–H and O–H groups in total. The minimum atomic E-state index is -0.928. The molecule has 1 amide bonds. The number of amides is 1. The highest BCUT2D eigenvalue weighted by atomic mass is 35.5. The normalized spacial score (nSPS) is 17.5. The van der Waals surface area contributed by atoms with E-state index in [1.807, 2.05) is 14.1 Å². The summed E-state index contributed by atoms with van der Waals surface area (Å²) in [6.07, 6.45) is 0. The molecule has 176 valence electrons. The maximum absolute atomic E-state index is 13.6. The lowest BCUT2D eigenvalue weighted by Gasteiger charge is -2.29. The first-order chi connectivity index (χ1) is 15.7. The maximum atomic E-state index is 13.6. The van der Waals surface area contributed by atoms with Gasteiger partial charge in [0.2, 0.25) is 5.78 Å². The quantitative estimate of drug-likeness (QED) is 0.344. The Morgan fingerprint density at radius 1 is 1.06 bits per heavy atom. The topological polar surface area (TPSA) is 92.6 Å². The Kier molecular flexibility index (Phi) is 7.50. The number of methoxy groups -OCH3 is 3. The van der Waals surface area contributed by atoms with E-state index in [1.54, 1.807) is 24.3 Å². The Balaban J connectivity index is 2.25. The molecule has 0 saturated carbocycles. The number of likely N-dealkylation sites (tertiary alicyclic amines) is 1. The number of likely N-dealkylation sites (N-methyl/N-ethyl adjacent to an activating group) is 1. The Hall–Kier alpha value is -3.23. The van der Waals surface area contributed by atoms with Gasteiger partial charge in [0, 0.05) is 11.1 Å². The van der Waals surface area contributed by atoms with E-state index in [2.05, 4.69) is 0 Å². The summed E-state index contributed by atoms with van der Waals surface area (Å²) in [4.78, 5) is 28.7. The Labute approximate surface area is 197 Å². The lowest BCUT2D eigenvalue weighted by atomic mass is 9.94. The van der Waals surface area contributed by atoms with Crippen molar-refractivity contribution in [3.8, 4) is 17.2 Å². The largest absolute Gasteiger partial charge is 0.872 e. The van der Waals surface area contributed by atoms with E-state index in [4.69, 9.17) is 25.8 Å². The van der Waals surface area contributed by atoms with Crippen molar-refractivity contribution >= 4 is 29.1 Å². The van der Waals surface area contributed by atoms with Gasteiger partial charge in [-0.1, -0.05) is 35.6 Å². The number of ketones is 1. The molecule has 2 aromatic rings. The molecular formula is C24H27ClN2O6. The van der Waals surface area contributed by atoms with E-state index in [0.29, 0.717) is 29.4 Å². The van der Waals surface area contributed by atoms with Gasteiger partial charge < -0.3 is 29.1 Å². The molecule has 3 rings (SSSR count). The van der Waals surface area contributed by atoms with Gasteiger partial charge in [0.05, 0.1) is 59.6 Å². The number of nitrogens with zero attached hydrogens (tertiary/aromatic N) is 1. The van der Waals surface area contributed by atoms with Crippen molar-refractivity contribution in [3.63, 3.8) is 0 Å². The molecule has 0 bridgehead atoms. The lowest BCUT2D eigenvalue weighted by Crippen LogP contribution is -3.06. The number of nitrogens with one attached hydrogen (secondary N) is 1. The number of rotatable bonds is 8. The number of ether oxygens (including phenoxy) is 3. The minimum absolute atomic E-state index is 0.151. The van der Waals surface area contributed by atoms with Crippen LogP contribution in [0.1, 0.15) is 17.2 Å². The van der Waals surface area contributed by atoms with Crippen LogP contribution in [0.25, 0.3) is 5.76 Å². The third-order valence-corrected chi connectivity index (χ3v) is 5.82. The predicted octanol–water partition coefficient (Wildman–Crippen LogP) is 0.734. The zero-order valence-electron chi connectivity index (χ0n) is 19.2. The van der Waals surface area contributed by atoms with E-state index in [0.717, 1.165) is 4.90 Å². The highest BCUT2D eigenvalue weighted by Gasteiger charge is 2.45. The number of para-hydroxylation sites is 1. The van der Waals surface area contributed by atoms with Crippen molar-refractivity contribution < 1.29 is 33.8 Å². The summed E-state index contributed by atoms with van der Waals surface area (Å²) in [5.74, 6) is -0.960. The lowest BCUT2D eigenvalue weighted by molar-refractivity contribution is -0.857. The van der Waals surface area contributed by atoms with Crippen LogP contribution in [0, 0.1) is 0 Å². The number of hydrogen-bond donors (Lipinski definition) is 1. The second kappa shape index (κ2) is 10.1. The Bertz CT molecular complexity index is 1100. The molecule has 8 nitrogen and oxygen atoms in total. The second-order valence-corrected chi connectivity index (χ2v) is 8.27. The number of carbonyl (C=O) groups is 2. The fourth-order valence-electron chi connectivity index (χ4n) is 3.86. The van der Waals surface area contributed by atoms with Crippen LogP contribution in [0.3, 0.4) is 0 Å². The monoisotopic (exact) mass is 474 g/mol. The summed E-state index contributed by atoms with van der Waals surface area (Å²) in [6.45, 7) is 0.857. The van der Waals surface area contributed by atoms with Crippen molar-refractivity contribution in [1.82, 2.24) is 4.90 Å². The Morgan fingerprint density at radius 3 is 2.33 bits per heavy atom. The van der Waals surface area contributed by atoms with E-state index in [9.17, 15) is 14.7 Å². The molecule has 1 aliphatic heterocycles. The van der Waals surface area contributed by atoms with E-state index in [-0.39, 0.29) is 22.7 Å². The zero-order valence-corrected chi connectivity index (χ0v) is 20.0. The van der Waals surface area contributed by atoms with Crippen LogP contribution in [0.5, 0.6) is 17.2 Å². The molecule has 1 unspecified atom stereocenters. The summed E-state index contributed by atoms with van der Waals surface area (Å²) < 4.78 is 16.1. The van der Waals surface area contributed by atoms with Crippen molar-refractivity contribution in [3.05, 3.63) is 58.1 Å². The van der Waals surface area contributed by atoms with Gasteiger partial charge in [0.25, 0.3) is 5.91 Å². The van der Waals surface area contributed by atoms with Gasteiger partial charge >= 0.3 is 0 Å². The average molecular weight is 475 g/mol. The van der Waals surface area contributed by atoms with E-state index < -0.39 is 23.5 Å². The van der Waals surface area contributed by atoms with Gasteiger partial charge in [-0.3, -0.25) is 9.59 Å². The number of hydrogen-bond acceptors (Lipinski definition) is 6. The minimum Gasteiger partial charge on any atom is -0.872 e. The van der Waals surface area contributed by atoms with Gasteiger partial charge in [0.1, 0.15) is 5.75 Å². The highest BCUT2D eigenvalue weighted by Crippen LogP contribution is 2.45. The molecule has 1 heterocycles. The maximum Gasteiger partial charge on any atom is 0.295 e. The summed E-state index contributed by atoms with van der Waals surface area (Å²) in [6, 6.07) is 8.73. The van der Waals surface area contributed by atoms with Crippen molar-refractivity contribution in [2.75, 3.05) is 48.5 Å². The van der Waals surface area contributed by atoms with Crippen LogP contribution in [-0.2, 0) is 9.59 Å².